The zero-order valence-corrected chi connectivity index (χ0v) is 12.3. The van der Waals surface area contributed by atoms with E-state index >= 15 is 0 Å². The molecule has 4 saturated carbocycles. The standard InChI is InChI=1S/C19H25N/c1-2-4-17-16(3-1)11-20-12-18(17)19-8-13-5-14(9-19)7-15(6-13)10-19/h1-4,13-15,18,20H,5-12H2. The summed E-state index contributed by atoms with van der Waals surface area (Å²) in [6.45, 7) is 2.31. The van der Waals surface area contributed by atoms with Crippen molar-refractivity contribution in [3.63, 3.8) is 0 Å². The summed E-state index contributed by atoms with van der Waals surface area (Å²) in [4.78, 5) is 0. The lowest BCUT2D eigenvalue weighted by Crippen LogP contribution is -2.51. The van der Waals surface area contributed by atoms with E-state index in [1.165, 1.54) is 25.8 Å². The van der Waals surface area contributed by atoms with Crippen molar-refractivity contribution in [2.75, 3.05) is 6.54 Å². The van der Waals surface area contributed by atoms with E-state index in [0.29, 0.717) is 5.41 Å². The molecule has 1 heterocycles. The van der Waals surface area contributed by atoms with Crippen molar-refractivity contribution in [1.29, 1.82) is 0 Å². The van der Waals surface area contributed by atoms with Gasteiger partial charge in [0.05, 0.1) is 0 Å². The molecule has 0 spiro atoms. The molecule has 1 aliphatic heterocycles. The molecule has 4 aliphatic carbocycles. The van der Waals surface area contributed by atoms with Gasteiger partial charge in [-0.2, -0.15) is 0 Å². The molecule has 1 heteroatoms. The molecule has 0 aromatic heterocycles. The fraction of sp³-hybridized carbons (Fsp3) is 0.684. The van der Waals surface area contributed by atoms with Gasteiger partial charge >= 0.3 is 0 Å². The topological polar surface area (TPSA) is 12.0 Å². The largest absolute Gasteiger partial charge is 0.312 e. The third-order valence-corrected chi connectivity index (χ3v) is 6.92. The third-order valence-electron chi connectivity index (χ3n) is 6.92. The lowest BCUT2D eigenvalue weighted by Gasteiger charge is -2.60. The van der Waals surface area contributed by atoms with Crippen LogP contribution in [0.25, 0.3) is 0 Å². The van der Waals surface area contributed by atoms with Crippen molar-refractivity contribution < 1.29 is 0 Å². The van der Waals surface area contributed by atoms with Crippen LogP contribution in [0.4, 0.5) is 0 Å². The number of benzene rings is 1. The SMILES string of the molecule is c1ccc2c(c1)CNCC2C12CC3CC(CC(C3)C1)C2. The van der Waals surface area contributed by atoms with E-state index in [1.54, 1.807) is 30.4 Å². The Hall–Kier alpha value is -0.820. The van der Waals surface area contributed by atoms with Gasteiger partial charge < -0.3 is 5.32 Å². The summed E-state index contributed by atoms with van der Waals surface area (Å²) < 4.78 is 0. The number of rotatable bonds is 1. The number of hydrogen-bond acceptors (Lipinski definition) is 1. The first-order valence-electron chi connectivity index (χ1n) is 8.61. The van der Waals surface area contributed by atoms with Crippen molar-refractivity contribution >= 4 is 0 Å². The van der Waals surface area contributed by atoms with Crippen LogP contribution in [0.15, 0.2) is 24.3 Å². The van der Waals surface area contributed by atoms with Gasteiger partial charge in [0.15, 0.2) is 0 Å². The van der Waals surface area contributed by atoms with Crippen LogP contribution in [0.5, 0.6) is 0 Å². The highest BCUT2D eigenvalue weighted by atomic mass is 14.9. The fourth-order valence-electron chi connectivity index (χ4n) is 6.65. The van der Waals surface area contributed by atoms with Crippen LogP contribution in [-0.4, -0.2) is 6.54 Å². The van der Waals surface area contributed by atoms with Gasteiger partial charge in [0, 0.05) is 19.0 Å². The molecule has 0 radical (unpaired) electrons. The van der Waals surface area contributed by atoms with E-state index in [0.717, 1.165) is 30.2 Å². The van der Waals surface area contributed by atoms with Crippen molar-refractivity contribution in [2.24, 2.45) is 23.2 Å². The molecular weight excluding hydrogens is 242 g/mol. The minimum Gasteiger partial charge on any atom is -0.312 e. The minimum absolute atomic E-state index is 0.651. The molecule has 0 saturated heterocycles. The molecule has 5 aliphatic rings. The Morgan fingerprint density at radius 3 is 2.25 bits per heavy atom. The van der Waals surface area contributed by atoms with E-state index in [1.807, 2.05) is 0 Å². The Labute approximate surface area is 122 Å². The molecule has 6 rings (SSSR count). The molecule has 20 heavy (non-hydrogen) atoms. The zero-order chi connectivity index (χ0) is 13.2. The van der Waals surface area contributed by atoms with Gasteiger partial charge in [0.1, 0.15) is 0 Å². The molecule has 1 unspecified atom stereocenters. The fourth-order valence-corrected chi connectivity index (χ4v) is 6.65. The summed E-state index contributed by atoms with van der Waals surface area (Å²) in [7, 11) is 0. The molecule has 4 bridgehead atoms. The van der Waals surface area contributed by atoms with Crippen LogP contribution in [0.2, 0.25) is 0 Å². The van der Waals surface area contributed by atoms with Crippen molar-refractivity contribution in [2.45, 2.75) is 51.0 Å². The molecular formula is C19H25N. The average molecular weight is 267 g/mol. The third kappa shape index (κ3) is 1.59. The molecule has 106 valence electrons. The normalized spacial score (nSPS) is 45.4. The van der Waals surface area contributed by atoms with Crippen LogP contribution in [0.1, 0.15) is 55.6 Å². The smallest absolute Gasteiger partial charge is 0.0208 e. The van der Waals surface area contributed by atoms with Crippen LogP contribution >= 0.6 is 0 Å². The molecule has 1 N–H and O–H groups in total. The van der Waals surface area contributed by atoms with E-state index in [9.17, 15) is 0 Å². The molecule has 1 atom stereocenters. The molecule has 1 aromatic carbocycles. The maximum atomic E-state index is 3.72. The zero-order valence-electron chi connectivity index (χ0n) is 12.3. The first-order valence-corrected chi connectivity index (χ1v) is 8.61. The predicted molar refractivity (Wildman–Crippen MR) is 81.5 cm³/mol. The van der Waals surface area contributed by atoms with Gasteiger partial charge in [0.2, 0.25) is 0 Å². The highest BCUT2D eigenvalue weighted by Crippen LogP contribution is 2.64. The number of hydrogen-bond donors (Lipinski definition) is 1. The minimum atomic E-state index is 0.651. The van der Waals surface area contributed by atoms with Crippen molar-refractivity contribution in [3.05, 3.63) is 35.4 Å². The summed E-state index contributed by atoms with van der Waals surface area (Å²) >= 11 is 0. The summed E-state index contributed by atoms with van der Waals surface area (Å²) in [6.07, 6.45) is 9.25. The maximum Gasteiger partial charge on any atom is 0.0208 e. The molecule has 1 aromatic rings. The Morgan fingerprint density at radius 1 is 0.900 bits per heavy atom. The van der Waals surface area contributed by atoms with Gasteiger partial charge in [0.25, 0.3) is 0 Å². The highest BCUT2D eigenvalue weighted by Gasteiger charge is 2.54. The lowest BCUT2D eigenvalue weighted by molar-refractivity contribution is -0.0695. The van der Waals surface area contributed by atoms with E-state index in [2.05, 4.69) is 29.6 Å². The van der Waals surface area contributed by atoms with E-state index in [4.69, 9.17) is 0 Å². The second-order valence-corrected chi connectivity index (χ2v) is 8.16. The van der Waals surface area contributed by atoms with Gasteiger partial charge in [-0.25, -0.2) is 0 Å². The van der Waals surface area contributed by atoms with Crippen LogP contribution in [0, 0.1) is 23.2 Å². The monoisotopic (exact) mass is 267 g/mol. The first-order chi connectivity index (χ1) is 9.82. The molecule has 0 amide bonds. The van der Waals surface area contributed by atoms with E-state index < -0.39 is 0 Å². The van der Waals surface area contributed by atoms with Crippen LogP contribution in [-0.2, 0) is 6.54 Å². The maximum absolute atomic E-state index is 3.72. The predicted octanol–water partition coefficient (Wildman–Crippen LogP) is 4.09. The van der Waals surface area contributed by atoms with Gasteiger partial charge in [-0.3, -0.25) is 0 Å². The second kappa shape index (κ2) is 4.10. The summed E-state index contributed by atoms with van der Waals surface area (Å²) in [6, 6.07) is 9.24. The lowest BCUT2D eigenvalue weighted by atomic mass is 9.45. The molecule has 4 fully saturated rings. The summed E-state index contributed by atoms with van der Waals surface area (Å²) in [5, 5.41) is 3.72. The Balaban J connectivity index is 1.57. The summed E-state index contributed by atoms with van der Waals surface area (Å²) in [5.74, 6) is 3.99. The number of nitrogens with one attached hydrogen (secondary N) is 1. The van der Waals surface area contributed by atoms with Crippen LogP contribution < -0.4 is 5.32 Å². The second-order valence-electron chi connectivity index (χ2n) is 8.16. The quantitative estimate of drug-likeness (QED) is 0.808. The van der Waals surface area contributed by atoms with E-state index in [-0.39, 0.29) is 0 Å². The van der Waals surface area contributed by atoms with Crippen LogP contribution in [0.3, 0.4) is 0 Å². The highest BCUT2D eigenvalue weighted by molar-refractivity contribution is 5.35. The van der Waals surface area contributed by atoms with Gasteiger partial charge in [-0.15, -0.1) is 0 Å². The van der Waals surface area contributed by atoms with Crippen molar-refractivity contribution in [3.8, 4) is 0 Å². The first kappa shape index (κ1) is 11.8. The average Bonchev–Trinajstić information content (AvgIpc) is 2.45. The Bertz CT molecular complexity index is 497. The Kier molecular flexibility index (Phi) is 2.42. The van der Waals surface area contributed by atoms with Crippen molar-refractivity contribution in [1.82, 2.24) is 5.32 Å². The molecule has 1 nitrogen and oxygen atoms in total. The van der Waals surface area contributed by atoms with Gasteiger partial charge in [-0.1, -0.05) is 24.3 Å². The van der Waals surface area contributed by atoms with Gasteiger partial charge in [-0.05, 0) is 72.8 Å². The Morgan fingerprint density at radius 2 is 1.55 bits per heavy atom. The number of fused-ring (bicyclic) bond motifs is 1. The summed E-state index contributed by atoms with van der Waals surface area (Å²) in [5.41, 5.74) is 3.91.